The van der Waals surface area contributed by atoms with Gasteiger partial charge in [-0.05, 0) is 68.7 Å². The van der Waals surface area contributed by atoms with Crippen molar-refractivity contribution in [2.45, 2.75) is 50.1 Å². The van der Waals surface area contributed by atoms with E-state index in [1.165, 1.54) is 43.6 Å². The first kappa shape index (κ1) is 26.0. The van der Waals surface area contributed by atoms with E-state index in [0.717, 1.165) is 9.87 Å². The molecule has 1 amide bonds. The average molecular weight is 482 g/mol. The molecule has 0 atom stereocenters. The van der Waals surface area contributed by atoms with Crippen LogP contribution in [-0.2, 0) is 26.6 Å². The molecule has 0 aliphatic heterocycles. The number of carbonyl (C=O) groups is 1. The number of aryl methyl sites for hydroxylation is 1. The maximum absolute atomic E-state index is 12.7. The molecule has 0 aromatic heterocycles. The maximum Gasteiger partial charge on any atom is 0.251 e. The monoisotopic (exact) mass is 481 g/mol. The SMILES string of the molecule is Cc1cc(C(=O)NCc2ccc(S(=O)(=O)N(C)C(C)C)cc2)cc(S(=O)(=O)N(C)C)c1C. The van der Waals surface area contributed by atoms with Crippen LogP contribution in [0.15, 0.2) is 46.2 Å². The third-order valence-corrected chi connectivity index (χ3v) is 9.41. The molecule has 0 bridgehead atoms. The lowest BCUT2D eigenvalue weighted by molar-refractivity contribution is 0.0950. The second kappa shape index (κ2) is 9.70. The van der Waals surface area contributed by atoms with E-state index in [4.69, 9.17) is 0 Å². The normalized spacial score (nSPS) is 12.6. The van der Waals surface area contributed by atoms with E-state index < -0.39 is 26.0 Å². The summed E-state index contributed by atoms with van der Waals surface area (Å²) in [5.41, 5.74) is 2.25. The van der Waals surface area contributed by atoms with Gasteiger partial charge in [-0.25, -0.2) is 21.1 Å². The van der Waals surface area contributed by atoms with Crippen molar-refractivity contribution in [3.05, 3.63) is 58.7 Å². The lowest BCUT2D eigenvalue weighted by Gasteiger charge is -2.21. The molecule has 0 spiro atoms. The Morgan fingerprint density at radius 2 is 1.50 bits per heavy atom. The Kier molecular flexibility index (Phi) is 7.87. The maximum atomic E-state index is 12.7. The lowest BCUT2D eigenvalue weighted by Crippen LogP contribution is -2.33. The van der Waals surface area contributed by atoms with Gasteiger partial charge < -0.3 is 5.32 Å². The minimum atomic E-state index is -3.69. The summed E-state index contributed by atoms with van der Waals surface area (Å²) in [6.45, 7) is 7.22. The van der Waals surface area contributed by atoms with Crippen molar-refractivity contribution in [3.8, 4) is 0 Å². The zero-order chi connectivity index (χ0) is 24.4. The fraction of sp³-hybridized carbons (Fsp3) is 0.409. The molecule has 2 aromatic rings. The van der Waals surface area contributed by atoms with E-state index in [2.05, 4.69) is 5.32 Å². The summed E-state index contributed by atoms with van der Waals surface area (Å²) in [4.78, 5) is 13.0. The predicted octanol–water partition coefficient (Wildman–Crippen LogP) is 2.51. The second-order valence-electron chi connectivity index (χ2n) is 8.15. The zero-order valence-electron chi connectivity index (χ0n) is 19.5. The predicted molar refractivity (Wildman–Crippen MR) is 124 cm³/mol. The zero-order valence-corrected chi connectivity index (χ0v) is 21.1. The molecule has 0 fully saturated rings. The third-order valence-electron chi connectivity index (χ3n) is 5.42. The van der Waals surface area contributed by atoms with E-state index in [9.17, 15) is 21.6 Å². The molecule has 0 saturated carbocycles. The molecule has 0 radical (unpaired) electrons. The molecular weight excluding hydrogens is 450 g/mol. The number of rotatable bonds is 8. The molecule has 0 heterocycles. The van der Waals surface area contributed by atoms with Gasteiger partial charge in [0.05, 0.1) is 9.79 Å². The van der Waals surface area contributed by atoms with Crippen molar-refractivity contribution >= 4 is 26.0 Å². The number of amides is 1. The Labute approximate surface area is 191 Å². The van der Waals surface area contributed by atoms with Crippen LogP contribution in [-0.4, -0.2) is 58.5 Å². The number of benzene rings is 2. The Balaban J connectivity index is 2.21. The standard InChI is InChI=1S/C22H31N3O5S2/c1-15(2)25(7)31(27,28)20-10-8-18(9-11-20)14-23-22(26)19-12-16(3)17(4)21(13-19)32(29,30)24(5)6/h8-13,15H,14H2,1-7H3,(H,23,26). The molecule has 10 heteroatoms. The number of hydrogen-bond donors (Lipinski definition) is 1. The number of nitrogens with one attached hydrogen (secondary N) is 1. The summed E-state index contributed by atoms with van der Waals surface area (Å²) >= 11 is 0. The minimum Gasteiger partial charge on any atom is -0.348 e. The van der Waals surface area contributed by atoms with E-state index in [1.807, 2.05) is 0 Å². The topological polar surface area (TPSA) is 104 Å². The van der Waals surface area contributed by atoms with E-state index >= 15 is 0 Å². The van der Waals surface area contributed by atoms with Gasteiger partial charge in [-0.1, -0.05) is 12.1 Å². The average Bonchev–Trinajstić information content (AvgIpc) is 2.73. The molecule has 32 heavy (non-hydrogen) atoms. The number of sulfonamides is 2. The van der Waals surface area contributed by atoms with Gasteiger partial charge in [-0.3, -0.25) is 4.79 Å². The van der Waals surface area contributed by atoms with Crippen molar-refractivity contribution in [1.82, 2.24) is 13.9 Å². The van der Waals surface area contributed by atoms with Crippen molar-refractivity contribution in [1.29, 1.82) is 0 Å². The minimum absolute atomic E-state index is 0.0940. The number of hydrogen-bond acceptors (Lipinski definition) is 5. The summed E-state index contributed by atoms with van der Waals surface area (Å²) in [5, 5.41) is 2.76. The van der Waals surface area contributed by atoms with E-state index in [-0.39, 0.29) is 27.9 Å². The van der Waals surface area contributed by atoms with Crippen molar-refractivity contribution in [3.63, 3.8) is 0 Å². The quantitative estimate of drug-likeness (QED) is 0.624. The summed E-state index contributed by atoms with van der Waals surface area (Å²) in [6, 6.07) is 9.16. The van der Waals surface area contributed by atoms with Gasteiger partial charge in [-0.2, -0.15) is 4.31 Å². The smallest absolute Gasteiger partial charge is 0.251 e. The molecule has 0 aliphatic carbocycles. The molecular formula is C22H31N3O5S2. The first-order valence-electron chi connectivity index (χ1n) is 10.1. The molecule has 2 rings (SSSR count). The molecule has 176 valence electrons. The highest BCUT2D eigenvalue weighted by atomic mass is 32.2. The Morgan fingerprint density at radius 3 is 2.00 bits per heavy atom. The molecule has 2 aromatic carbocycles. The highest BCUT2D eigenvalue weighted by molar-refractivity contribution is 7.89. The van der Waals surface area contributed by atoms with Crippen molar-refractivity contribution in [2.24, 2.45) is 0 Å². The van der Waals surface area contributed by atoms with E-state index in [0.29, 0.717) is 11.1 Å². The fourth-order valence-electron chi connectivity index (χ4n) is 2.93. The van der Waals surface area contributed by atoms with Gasteiger partial charge in [0, 0.05) is 39.3 Å². The summed E-state index contributed by atoms with van der Waals surface area (Å²) in [6.07, 6.45) is 0. The molecule has 0 unspecified atom stereocenters. The van der Waals surface area contributed by atoms with Crippen LogP contribution >= 0.6 is 0 Å². The van der Waals surface area contributed by atoms with Crippen LogP contribution in [0.2, 0.25) is 0 Å². The van der Waals surface area contributed by atoms with Gasteiger partial charge in [0.25, 0.3) is 5.91 Å². The van der Waals surface area contributed by atoms with E-state index in [1.54, 1.807) is 45.9 Å². The van der Waals surface area contributed by atoms with Crippen LogP contribution < -0.4 is 5.32 Å². The van der Waals surface area contributed by atoms with Crippen molar-refractivity contribution < 1.29 is 21.6 Å². The van der Waals surface area contributed by atoms with Crippen LogP contribution in [0, 0.1) is 13.8 Å². The van der Waals surface area contributed by atoms with Crippen LogP contribution in [0.4, 0.5) is 0 Å². The molecule has 8 nitrogen and oxygen atoms in total. The van der Waals surface area contributed by atoms with Crippen molar-refractivity contribution in [2.75, 3.05) is 21.1 Å². The third kappa shape index (κ3) is 5.37. The molecule has 0 aliphatic rings. The molecule has 1 N–H and O–H groups in total. The lowest BCUT2D eigenvalue weighted by atomic mass is 10.1. The summed E-state index contributed by atoms with van der Waals surface area (Å²) in [5.74, 6) is -0.417. The van der Waals surface area contributed by atoms with Crippen LogP contribution in [0.25, 0.3) is 0 Å². The van der Waals surface area contributed by atoms with Gasteiger partial charge in [0.1, 0.15) is 0 Å². The first-order chi connectivity index (χ1) is 14.7. The van der Waals surface area contributed by atoms with Crippen LogP contribution in [0.1, 0.15) is 40.9 Å². The largest absolute Gasteiger partial charge is 0.348 e. The van der Waals surface area contributed by atoms with Gasteiger partial charge in [0.15, 0.2) is 0 Å². The second-order valence-corrected chi connectivity index (χ2v) is 12.3. The van der Waals surface area contributed by atoms with Gasteiger partial charge in [0.2, 0.25) is 20.0 Å². The first-order valence-corrected chi connectivity index (χ1v) is 13.0. The van der Waals surface area contributed by atoms with Gasteiger partial charge >= 0.3 is 0 Å². The van der Waals surface area contributed by atoms with Crippen LogP contribution in [0.5, 0.6) is 0 Å². The summed E-state index contributed by atoms with van der Waals surface area (Å²) < 4.78 is 52.7. The fourth-order valence-corrected chi connectivity index (χ4v) is 5.52. The number of carbonyl (C=O) groups excluding carboxylic acids is 1. The van der Waals surface area contributed by atoms with Gasteiger partial charge in [-0.15, -0.1) is 0 Å². The highest BCUT2D eigenvalue weighted by Gasteiger charge is 2.24. The Bertz CT molecular complexity index is 1200. The van der Waals surface area contributed by atoms with Crippen LogP contribution in [0.3, 0.4) is 0 Å². The Hall–Kier alpha value is -2.27. The summed E-state index contributed by atoms with van der Waals surface area (Å²) in [7, 11) is -2.85. The number of nitrogens with zero attached hydrogens (tertiary/aromatic N) is 2. The Morgan fingerprint density at radius 1 is 0.938 bits per heavy atom. The molecule has 0 saturated heterocycles. The highest BCUT2D eigenvalue weighted by Crippen LogP contribution is 2.23.